The number of benzene rings is 1. The van der Waals surface area contributed by atoms with Crippen LogP contribution in [0.15, 0.2) is 18.2 Å². The Kier molecular flexibility index (Phi) is 4.70. The molecule has 1 aromatic rings. The predicted octanol–water partition coefficient (Wildman–Crippen LogP) is 2.65. The van der Waals surface area contributed by atoms with Gasteiger partial charge < -0.3 is 10.5 Å². The van der Waals surface area contributed by atoms with E-state index < -0.39 is 16.6 Å². The molecule has 1 rings (SSSR count). The molecule has 0 aliphatic rings. The van der Waals surface area contributed by atoms with Gasteiger partial charge in [-0.2, -0.15) is 5.26 Å². The summed E-state index contributed by atoms with van der Waals surface area (Å²) in [6.45, 7) is 3.31. The Labute approximate surface area is 115 Å². The molecule has 0 saturated heterocycles. The van der Waals surface area contributed by atoms with Crippen molar-refractivity contribution in [2.45, 2.75) is 31.9 Å². The molecule has 0 saturated carbocycles. The van der Waals surface area contributed by atoms with E-state index in [0.717, 1.165) is 0 Å². The Balaban J connectivity index is 2.85. The highest BCUT2D eigenvalue weighted by molar-refractivity contribution is 6.32. The maximum Gasteiger partial charge on any atom is 0.273 e. The molecule has 2 N–H and O–H groups in total. The highest BCUT2D eigenvalue weighted by atomic mass is 35.5. The van der Waals surface area contributed by atoms with Crippen molar-refractivity contribution < 1.29 is 9.66 Å². The highest BCUT2D eigenvalue weighted by Gasteiger charge is 2.23. The third-order valence-corrected chi connectivity index (χ3v) is 2.73. The number of nitriles is 1. The van der Waals surface area contributed by atoms with Gasteiger partial charge >= 0.3 is 0 Å². The number of rotatable bonds is 5. The van der Waals surface area contributed by atoms with Crippen molar-refractivity contribution in [3.8, 4) is 11.8 Å². The largest absolute Gasteiger partial charge is 0.489 e. The van der Waals surface area contributed by atoms with Gasteiger partial charge in [0.1, 0.15) is 11.3 Å². The highest BCUT2D eigenvalue weighted by Crippen LogP contribution is 2.30. The molecule has 102 valence electrons. The molecular formula is C12H14ClN3O3. The minimum Gasteiger partial charge on any atom is -0.489 e. The van der Waals surface area contributed by atoms with Gasteiger partial charge in [0.15, 0.2) is 0 Å². The summed E-state index contributed by atoms with van der Waals surface area (Å²) in [5.74, 6) is 0.206. The summed E-state index contributed by atoms with van der Waals surface area (Å²) >= 11 is 5.91. The molecule has 2 atom stereocenters. The normalized spacial score (nSPS) is 15.1. The van der Waals surface area contributed by atoms with Crippen LogP contribution in [0.3, 0.4) is 0 Å². The number of halogens is 1. The van der Waals surface area contributed by atoms with Crippen LogP contribution in [-0.2, 0) is 0 Å². The van der Waals surface area contributed by atoms with Crippen molar-refractivity contribution in [3.05, 3.63) is 33.3 Å². The maximum absolute atomic E-state index is 10.7. The van der Waals surface area contributed by atoms with Crippen molar-refractivity contribution in [3.63, 3.8) is 0 Å². The third kappa shape index (κ3) is 4.39. The molecular weight excluding hydrogens is 270 g/mol. The van der Waals surface area contributed by atoms with E-state index in [0.29, 0.717) is 0 Å². The molecule has 0 heterocycles. The lowest BCUT2D eigenvalue weighted by molar-refractivity contribution is -0.384. The number of non-ortho nitro benzene ring substituents is 1. The Hall–Kier alpha value is -1.84. The lowest BCUT2D eigenvalue weighted by Gasteiger charge is -2.22. The molecule has 2 unspecified atom stereocenters. The van der Waals surface area contributed by atoms with Crippen LogP contribution in [0.25, 0.3) is 0 Å². The zero-order valence-electron chi connectivity index (χ0n) is 10.6. The van der Waals surface area contributed by atoms with Gasteiger partial charge in [0.2, 0.25) is 0 Å². The quantitative estimate of drug-likeness (QED) is 0.661. The number of ether oxygens (including phenoxy) is 1. The van der Waals surface area contributed by atoms with Crippen molar-refractivity contribution in [2.75, 3.05) is 0 Å². The first-order chi connectivity index (χ1) is 8.75. The summed E-state index contributed by atoms with van der Waals surface area (Å²) in [7, 11) is 0. The van der Waals surface area contributed by atoms with Gasteiger partial charge in [-0.15, -0.1) is 0 Å². The lowest BCUT2D eigenvalue weighted by atomic mass is 9.98. The van der Waals surface area contributed by atoms with E-state index in [9.17, 15) is 10.1 Å². The van der Waals surface area contributed by atoms with Crippen LogP contribution in [0.1, 0.15) is 20.3 Å². The molecule has 0 radical (unpaired) electrons. The van der Waals surface area contributed by atoms with Crippen molar-refractivity contribution in [1.82, 2.24) is 0 Å². The molecule has 0 fully saturated rings. The summed E-state index contributed by atoms with van der Waals surface area (Å²) in [5, 5.41) is 19.8. The minimum absolute atomic E-state index is 0.109. The van der Waals surface area contributed by atoms with Crippen LogP contribution in [0, 0.1) is 21.4 Å². The Bertz CT molecular complexity index is 525. The molecule has 0 amide bonds. The SMILES string of the molecule is CC(CC(C)(N)C#N)Oc1cc([N+](=O)[O-])ccc1Cl. The van der Waals surface area contributed by atoms with Gasteiger partial charge in [0.25, 0.3) is 5.69 Å². The molecule has 0 aromatic heterocycles. The van der Waals surface area contributed by atoms with Crippen LogP contribution < -0.4 is 10.5 Å². The second-order valence-electron chi connectivity index (χ2n) is 4.53. The average molecular weight is 284 g/mol. The number of nitrogens with two attached hydrogens (primary N) is 1. The number of nitro groups is 1. The molecule has 6 nitrogen and oxygen atoms in total. The summed E-state index contributed by atoms with van der Waals surface area (Å²) in [4.78, 5) is 10.1. The number of nitrogens with zero attached hydrogens (tertiary/aromatic N) is 2. The smallest absolute Gasteiger partial charge is 0.273 e. The Morgan fingerprint density at radius 3 is 2.84 bits per heavy atom. The monoisotopic (exact) mass is 283 g/mol. The maximum atomic E-state index is 10.7. The van der Waals surface area contributed by atoms with E-state index in [4.69, 9.17) is 27.3 Å². The topological polar surface area (TPSA) is 102 Å². The lowest BCUT2D eigenvalue weighted by Crippen LogP contribution is -2.38. The number of hydrogen-bond donors (Lipinski definition) is 1. The first-order valence-corrected chi connectivity index (χ1v) is 5.93. The van der Waals surface area contributed by atoms with Gasteiger partial charge in [-0.3, -0.25) is 10.1 Å². The Morgan fingerprint density at radius 2 is 2.32 bits per heavy atom. The van der Waals surface area contributed by atoms with Crippen LogP contribution >= 0.6 is 11.6 Å². The van der Waals surface area contributed by atoms with E-state index in [1.165, 1.54) is 18.2 Å². The molecule has 0 aliphatic carbocycles. The third-order valence-electron chi connectivity index (χ3n) is 2.42. The summed E-state index contributed by atoms with van der Waals surface area (Å²) in [5.41, 5.74) is 4.57. The van der Waals surface area contributed by atoms with Crippen molar-refractivity contribution >= 4 is 17.3 Å². The minimum atomic E-state index is -1.02. The van der Waals surface area contributed by atoms with E-state index in [1.807, 2.05) is 6.07 Å². The zero-order chi connectivity index (χ0) is 14.6. The fraction of sp³-hybridized carbons (Fsp3) is 0.417. The summed E-state index contributed by atoms with van der Waals surface area (Å²) in [6.07, 6.45) is -0.114. The van der Waals surface area contributed by atoms with E-state index in [2.05, 4.69) is 0 Å². The van der Waals surface area contributed by atoms with Crippen LogP contribution in [-0.4, -0.2) is 16.6 Å². The van der Waals surface area contributed by atoms with Crippen LogP contribution in [0.4, 0.5) is 5.69 Å². The molecule has 0 aliphatic heterocycles. The molecule has 0 bridgehead atoms. The fourth-order valence-corrected chi connectivity index (χ4v) is 1.76. The predicted molar refractivity (Wildman–Crippen MR) is 71.0 cm³/mol. The van der Waals surface area contributed by atoms with Crippen LogP contribution in [0.2, 0.25) is 5.02 Å². The second kappa shape index (κ2) is 5.87. The second-order valence-corrected chi connectivity index (χ2v) is 4.94. The Morgan fingerprint density at radius 1 is 1.68 bits per heavy atom. The summed E-state index contributed by atoms with van der Waals surface area (Å²) < 4.78 is 5.51. The average Bonchev–Trinajstić information content (AvgIpc) is 2.31. The zero-order valence-corrected chi connectivity index (χ0v) is 11.3. The first kappa shape index (κ1) is 15.2. The fourth-order valence-electron chi connectivity index (χ4n) is 1.60. The van der Waals surface area contributed by atoms with Gasteiger partial charge in [-0.25, -0.2) is 0 Å². The molecule has 19 heavy (non-hydrogen) atoms. The number of nitro benzene ring substituents is 1. The van der Waals surface area contributed by atoms with Crippen LogP contribution in [0.5, 0.6) is 5.75 Å². The van der Waals surface area contributed by atoms with E-state index in [-0.39, 0.29) is 22.9 Å². The van der Waals surface area contributed by atoms with Crippen molar-refractivity contribution in [1.29, 1.82) is 5.26 Å². The van der Waals surface area contributed by atoms with Gasteiger partial charge in [0.05, 0.1) is 28.2 Å². The molecule has 0 spiro atoms. The van der Waals surface area contributed by atoms with E-state index in [1.54, 1.807) is 13.8 Å². The van der Waals surface area contributed by atoms with Gasteiger partial charge in [-0.05, 0) is 19.9 Å². The number of hydrogen-bond acceptors (Lipinski definition) is 5. The first-order valence-electron chi connectivity index (χ1n) is 5.56. The van der Waals surface area contributed by atoms with Gasteiger partial charge in [0, 0.05) is 12.5 Å². The molecule has 1 aromatic carbocycles. The standard InChI is InChI=1S/C12H14ClN3O3/c1-8(6-12(2,15)7-14)19-11-5-9(16(17)18)3-4-10(11)13/h3-5,8H,6,15H2,1-2H3. The van der Waals surface area contributed by atoms with E-state index >= 15 is 0 Å². The molecule has 7 heteroatoms. The van der Waals surface area contributed by atoms with Crippen molar-refractivity contribution in [2.24, 2.45) is 5.73 Å². The summed E-state index contributed by atoms with van der Waals surface area (Å²) in [6, 6.07) is 5.90. The van der Waals surface area contributed by atoms with Gasteiger partial charge in [-0.1, -0.05) is 11.6 Å².